The number of hydrogen-bond acceptors (Lipinski definition) is 6. The zero-order valence-electron chi connectivity index (χ0n) is 21.7. The second kappa shape index (κ2) is 11.4. The van der Waals surface area contributed by atoms with Gasteiger partial charge in [-0.25, -0.2) is 4.98 Å². The summed E-state index contributed by atoms with van der Waals surface area (Å²) in [4.78, 5) is 18.9. The van der Waals surface area contributed by atoms with Gasteiger partial charge in [-0.05, 0) is 68.9 Å². The number of amides is 1. The predicted molar refractivity (Wildman–Crippen MR) is 138 cm³/mol. The van der Waals surface area contributed by atoms with Crippen LogP contribution in [-0.2, 0) is 4.74 Å². The fraction of sp³-hybridized carbons (Fsp3) is 0.536. The highest BCUT2D eigenvalue weighted by molar-refractivity contribution is 5.91. The molecule has 1 aliphatic heterocycles. The monoisotopic (exact) mass is 494 g/mol. The number of H-pyrrole nitrogens is 1. The third kappa shape index (κ3) is 7.26. The Bertz CT molecular complexity index is 1090. The Hall–Kier alpha value is -2.99. The van der Waals surface area contributed by atoms with Gasteiger partial charge >= 0.3 is 0 Å². The van der Waals surface area contributed by atoms with E-state index in [4.69, 9.17) is 10.00 Å². The van der Waals surface area contributed by atoms with E-state index in [0.29, 0.717) is 18.3 Å². The molecule has 0 saturated carbocycles. The Labute approximate surface area is 213 Å². The highest BCUT2D eigenvalue weighted by Crippen LogP contribution is 2.42. The maximum absolute atomic E-state index is 12.3. The molecule has 2 aliphatic rings. The lowest BCUT2D eigenvalue weighted by Crippen LogP contribution is -2.52. The molecule has 1 fully saturated rings. The van der Waals surface area contributed by atoms with Gasteiger partial charge < -0.3 is 25.3 Å². The first-order chi connectivity index (χ1) is 17.0. The van der Waals surface area contributed by atoms with Crippen LogP contribution in [0.3, 0.4) is 0 Å². The SMILES string of the molecule is CC1(C)CC=C(/C=C/C(=C\C=C\NC(=O)c2nc(C#N)c[nH]2)[C@@H]2C[C@](C)(CO)O[C@](C)(CO)C2)CC1. The van der Waals surface area contributed by atoms with Crippen LogP contribution in [0.5, 0.6) is 0 Å². The topological polar surface area (TPSA) is 131 Å². The van der Waals surface area contributed by atoms with Crippen molar-refractivity contribution >= 4 is 5.91 Å². The lowest BCUT2D eigenvalue weighted by molar-refractivity contribution is -0.212. The number of rotatable bonds is 8. The van der Waals surface area contributed by atoms with Crippen LogP contribution in [0.1, 0.15) is 76.1 Å². The maximum Gasteiger partial charge on any atom is 0.291 e. The number of nitrogens with one attached hydrogen (secondary N) is 2. The number of aliphatic hydroxyl groups excluding tert-OH is 2. The molecule has 3 atom stereocenters. The minimum Gasteiger partial charge on any atom is -0.393 e. The number of imidazole rings is 1. The van der Waals surface area contributed by atoms with Crippen LogP contribution in [-0.4, -0.2) is 50.5 Å². The third-order valence-electron chi connectivity index (χ3n) is 6.99. The van der Waals surface area contributed by atoms with E-state index < -0.39 is 17.1 Å². The van der Waals surface area contributed by atoms with Crippen molar-refractivity contribution in [2.45, 2.75) is 71.0 Å². The van der Waals surface area contributed by atoms with Gasteiger partial charge in [-0.3, -0.25) is 4.79 Å². The standard InChI is InChI=1S/C28H38N4O4/c1-26(2)11-9-20(10-12-26)7-8-21(22-14-27(3,18-33)36-28(4,15-22)19-34)6-5-13-30-25(35)24-31-17-23(16-29)32-24/h5-9,13,17,22,33-34H,10-12,14-15,18-19H2,1-4H3,(H,30,35)(H,31,32)/b8-7+,13-5+,21-6+/t22-,27-,28+. The number of aromatic nitrogens is 2. The number of nitrogens with zero attached hydrogens (tertiary/aromatic N) is 2. The van der Waals surface area contributed by atoms with Crippen LogP contribution in [0.4, 0.5) is 0 Å². The lowest BCUT2D eigenvalue weighted by atomic mass is 9.75. The molecule has 3 rings (SSSR count). The van der Waals surface area contributed by atoms with Gasteiger partial charge in [0.1, 0.15) is 6.07 Å². The Morgan fingerprint density at radius 1 is 1.28 bits per heavy atom. The van der Waals surface area contributed by atoms with E-state index >= 15 is 0 Å². The zero-order valence-corrected chi connectivity index (χ0v) is 21.7. The molecular weight excluding hydrogens is 456 g/mol. The molecule has 0 aromatic carbocycles. The molecule has 8 heteroatoms. The molecule has 0 radical (unpaired) electrons. The second-order valence-electron chi connectivity index (χ2n) is 11.1. The van der Waals surface area contributed by atoms with Gasteiger partial charge in [0.15, 0.2) is 11.5 Å². The van der Waals surface area contributed by atoms with Crippen LogP contribution in [0.15, 0.2) is 53.9 Å². The number of hydrogen-bond donors (Lipinski definition) is 4. The van der Waals surface area contributed by atoms with E-state index in [9.17, 15) is 15.0 Å². The first-order valence-electron chi connectivity index (χ1n) is 12.4. The average Bonchev–Trinajstić information content (AvgIpc) is 3.33. The zero-order chi connectivity index (χ0) is 26.4. The maximum atomic E-state index is 12.3. The van der Waals surface area contributed by atoms with E-state index in [1.807, 2.05) is 26.0 Å². The van der Waals surface area contributed by atoms with Crippen molar-refractivity contribution in [2.75, 3.05) is 13.2 Å². The summed E-state index contributed by atoms with van der Waals surface area (Å²) in [6, 6.07) is 1.88. The number of aromatic amines is 1. The van der Waals surface area contributed by atoms with Gasteiger partial charge in [-0.1, -0.05) is 43.7 Å². The summed E-state index contributed by atoms with van der Waals surface area (Å²) in [6.07, 6.45) is 17.6. The highest BCUT2D eigenvalue weighted by atomic mass is 16.5. The molecule has 1 saturated heterocycles. The molecule has 2 heterocycles. The van der Waals surface area contributed by atoms with Crippen molar-refractivity contribution in [3.63, 3.8) is 0 Å². The summed E-state index contributed by atoms with van der Waals surface area (Å²) in [5.74, 6) is -0.345. The van der Waals surface area contributed by atoms with Crippen LogP contribution >= 0.6 is 0 Å². The molecule has 36 heavy (non-hydrogen) atoms. The van der Waals surface area contributed by atoms with Crippen molar-refractivity contribution in [3.8, 4) is 6.07 Å². The predicted octanol–water partition coefficient (Wildman–Crippen LogP) is 4.07. The molecule has 0 bridgehead atoms. The number of carbonyl (C=O) groups is 1. The summed E-state index contributed by atoms with van der Waals surface area (Å²) in [6.45, 7) is 8.02. The van der Waals surface area contributed by atoms with E-state index in [0.717, 1.165) is 24.8 Å². The van der Waals surface area contributed by atoms with Crippen LogP contribution in [0.25, 0.3) is 0 Å². The fourth-order valence-corrected chi connectivity index (χ4v) is 4.85. The van der Waals surface area contributed by atoms with Crippen molar-refractivity contribution in [3.05, 3.63) is 65.4 Å². The Balaban J connectivity index is 1.82. The summed E-state index contributed by atoms with van der Waals surface area (Å²) in [5.41, 5.74) is 1.26. The second-order valence-corrected chi connectivity index (χ2v) is 11.1. The largest absolute Gasteiger partial charge is 0.393 e. The summed E-state index contributed by atoms with van der Waals surface area (Å²) in [7, 11) is 0. The Kier molecular flexibility index (Phi) is 8.72. The third-order valence-corrected chi connectivity index (χ3v) is 6.99. The molecule has 0 unspecified atom stereocenters. The first-order valence-corrected chi connectivity index (χ1v) is 12.4. The van der Waals surface area contributed by atoms with Gasteiger partial charge in [-0.15, -0.1) is 0 Å². The normalized spacial score (nSPS) is 28.8. The number of nitriles is 1. The van der Waals surface area contributed by atoms with Gasteiger partial charge in [-0.2, -0.15) is 5.26 Å². The molecule has 8 nitrogen and oxygen atoms in total. The summed E-state index contributed by atoms with van der Waals surface area (Å²) in [5, 5.41) is 31.6. The molecule has 0 spiro atoms. The van der Waals surface area contributed by atoms with E-state index in [1.54, 1.807) is 6.08 Å². The summed E-state index contributed by atoms with van der Waals surface area (Å²) >= 11 is 0. The highest BCUT2D eigenvalue weighted by Gasteiger charge is 2.44. The van der Waals surface area contributed by atoms with E-state index in [-0.39, 0.29) is 30.7 Å². The number of ether oxygens (including phenoxy) is 1. The van der Waals surface area contributed by atoms with E-state index in [1.165, 1.54) is 18.0 Å². The van der Waals surface area contributed by atoms with Crippen molar-refractivity contribution in [1.82, 2.24) is 15.3 Å². The lowest BCUT2D eigenvalue weighted by Gasteiger charge is -2.47. The number of aliphatic hydroxyl groups is 2. The van der Waals surface area contributed by atoms with Crippen LogP contribution in [0, 0.1) is 22.7 Å². The number of allylic oxidation sites excluding steroid dienone is 7. The van der Waals surface area contributed by atoms with Crippen molar-refractivity contribution in [2.24, 2.45) is 11.3 Å². The Morgan fingerprint density at radius 2 is 1.97 bits per heavy atom. The van der Waals surface area contributed by atoms with Gasteiger partial charge in [0.25, 0.3) is 5.91 Å². The fourth-order valence-electron chi connectivity index (χ4n) is 4.85. The number of carbonyl (C=O) groups excluding carboxylic acids is 1. The molecule has 1 aromatic rings. The average molecular weight is 495 g/mol. The molecule has 1 amide bonds. The van der Waals surface area contributed by atoms with Crippen molar-refractivity contribution < 1.29 is 19.7 Å². The van der Waals surface area contributed by atoms with E-state index in [2.05, 4.69) is 47.4 Å². The minimum atomic E-state index is -0.767. The Morgan fingerprint density at radius 3 is 2.53 bits per heavy atom. The smallest absolute Gasteiger partial charge is 0.291 e. The van der Waals surface area contributed by atoms with Crippen molar-refractivity contribution in [1.29, 1.82) is 5.26 Å². The van der Waals surface area contributed by atoms with Crippen LogP contribution in [0.2, 0.25) is 0 Å². The van der Waals surface area contributed by atoms with Gasteiger partial charge in [0.05, 0.1) is 24.4 Å². The van der Waals surface area contributed by atoms with Gasteiger partial charge in [0, 0.05) is 12.4 Å². The first kappa shape index (κ1) is 27.6. The van der Waals surface area contributed by atoms with Crippen LogP contribution < -0.4 is 5.32 Å². The quantitative estimate of drug-likeness (QED) is 0.403. The molecule has 1 aliphatic carbocycles. The van der Waals surface area contributed by atoms with Gasteiger partial charge in [0.2, 0.25) is 0 Å². The molecule has 4 N–H and O–H groups in total. The molecular formula is C28H38N4O4. The molecule has 1 aromatic heterocycles. The summed E-state index contributed by atoms with van der Waals surface area (Å²) < 4.78 is 6.10. The minimum absolute atomic E-state index is 0.0357. The molecule has 194 valence electrons.